The zero-order valence-electron chi connectivity index (χ0n) is 8.19. The topological polar surface area (TPSA) is 57.5 Å². The summed E-state index contributed by atoms with van der Waals surface area (Å²) in [7, 11) is 0. The van der Waals surface area contributed by atoms with Crippen molar-refractivity contribution in [3.05, 3.63) is 35.6 Å². The molecule has 2 N–H and O–H groups in total. The monoisotopic (exact) mass is 212 g/mol. The van der Waals surface area contributed by atoms with E-state index in [1.54, 1.807) is 0 Å². The Hall–Kier alpha value is -1.58. The predicted octanol–water partition coefficient (Wildman–Crippen LogP) is 2.52. The van der Waals surface area contributed by atoms with E-state index in [4.69, 9.17) is 5.11 Å². The molecule has 3 nitrogen and oxygen atoms in total. The van der Waals surface area contributed by atoms with Crippen LogP contribution < -0.4 is 0 Å². The van der Waals surface area contributed by atoms with E-state index >= 15 is 0 Å². The minimum atomic E-state index is -1.10. The van der Waals surface area contributed by atoms with Crippen molar-refractivity contribution in [3.8, 4) is 0 Å². The van der Waals surface area contributed by atoms with Gasteiger partial charge in [0, 0.05) is 18.4 Å². The molecule has 0 saturated carbocycles. The average molecular weight is 212 g/mol. The van der Waals surface area contributed by atoms with Crippen molar-refractivity contribution < 1.29 is 19.4 Å². The third-order valence-corrected chi connectivity index (χ3v) is 2.06. The fourth-order valence-corrected chi connectivity index (χ4v) is 1.25. The lowest BCUT2D eigenvalue weighted by Crippen LogP contribution is -1.98. The van der Waals surface area contributed by atoms with Crippen molar-refractivity contribution in [3.63, 3.8) is 0 Å². The van der Waals surface area contributed by atoms with Gasteiger partial charge in [0.1, 0.15) is 6.17 Å². The Morgan fingerprint density at radius 1 is 1.27 bits per heavy atom. The molecule has 1 aliphatic rings. The molecule has 0 aromatic carbocycles. The Morgan fingerprint density at radius 3 is 2.40 bits per heavy atom. The molecule has 0 atom stereocenters. The lowest BCUT2D eigenvalue weighted by atomic mass is 10.0. The van der Waals surface area contributed by atoms with E-state index in [2.05, 4.69) is 0 Å². The molecule has 0 unspecified atom stereocenters. The van der Waals surface area contributed by atoms with E-state index < -0.39 is 12.1 Å². The average Bonchev–Trinajstić information content (AvgIpc) is 2.18. The summed E-state index contributed by atoms with van der Waals surface area (Å²) in [5.74, 6) is -0.776. The maximum Gasteiger partial charge on any atom is 0.303 e. The molecule has 0 amide bonds. The smallest absolute Gasteiger partial charge is 0.303 e. The highest BCUT2D eigenvalue weighted by Crippen LogP contribution is 2.17. The molecule has 0 aliphatic heterocycles. The largest absolute Gasteiger partial charge is 0.512 e. The Morgan fingerprint density at radius 2 is 1.87 bits per heavy atom. The third kappa shape index (κ3) is 3.97. The van der Waals surface area contributed by atoms with E-state index in [0.29, 0.717) is 18.4 Å². The normalized spacial score (nSPS) is 19.3. The number of allylic oxidation sites excluding steroid dienone is 6. The van der Waals surface area contributed by atoms with Crippen LogP contribution in [0.5, 0.6) is 0 Å². The van der Waals surface area contributed by atoms with E-state index in [1.165, 1.54) is 24.3 Å². The standard InChI is InChI=1S/C11H13FO3/c12-9-6-4-8(5-7-9)10(13)2-1-3-11(14)15/h4-7,9,13H,1-3H2,(H,14,15). The third-order valence-electron chi connectivity index (χ3n) is 2.06. The number of aliphatic hydroxyl groups excluding tert-OH is 1. The van der Waals surface area contributed by atoms with Crippen LogP contribution in [0.3, 0.4) is 0 Å². The van der Waals surface area contributed by atoms with Gasteiger partial charge in [0.25, 0.3) is 0 Å². The Balaban J connectivity index is 2.48. The van der Waals surface area contributed by atoms with Gasteiger partial charge in [-0.3, -0.25) is 4.79 Å². The summed E-state index contributed by atoms with van der Waals surface area (Å²) >= 11 is 0. The van der Waals surface area contributed by atoms with Gasteiger partial charge in [0.05, 0.1) is 5.76 Å². The summed E-state index contributed by atoms with van der Waals surface area (Å²) in [6, 6.07) is 0. The highest BCUT2D eigenvalue weighted by atomic mass is 19.1. The number of aliphatic carboxylic acids is 1. The minimum absolute atomic E-state index is 0.0243. The van der Waals surface area contributed by atoms with Crippen molar-refractivity contribution in [2.45, 2.75) is 25.4 Å². The summed E-state index contributed by atoms with van der Waals surface area (Å²) in [5, 5.41) is 17.9. The molecule has 82 valence electrons. The molecule has 0 spiro atoms. The van der Waals surface area contributed by atoms with Gasteiger partial charge in [-0.05, 0) is 18.6 Å². The van der Waals surface area contributed by atoms with Crippen LogP contribution in [0.1, 0.15) is 19.3 Å². The summed E-state index contributed by atoms with van der Waals surface area (Å²) in [6.07, 6.45) is 5.28. The molecule has 15 heavy (non-hydrogen) atoms. The van der Waals surface area contributed by atoms with Crippen LogP contribution in [0.4, 0.5) is 4.39 Å². The van der Waals surface area contributed by atoms with Crippen LogP contribution in [0.2, 0.25) is 0 Å². The Kier molecular flexibility index (Phi) is 4.09. The van der Waals surface area contributed by atoms with E-state index in [-0.39, 0.29) is 12.2 Å². The number of hydrogen-bond donors (Lipinski definition) is 2. The summed E-state index contributed by atoms with van der Waals surface area (Å²) < 4.78 is 12.6. The number of alkyl halides is 1. The fourth-order valence-electron chi connectivity index (χ4n) is 1.25. The van der Waals surface area contributed by atoms with Gasteiger partial charge < -0.3 is 10.2 Å². The van der Waals surface area contributed by atoms with Crippen molar-refractivity contribution in [1.29, 1.82) is 0 Å². The molecule has 4 heteroatoms. The highest BCUT2D eigenvalue weighted by Gasteiger charge is 2.07. The Bertz CT molecular complexity index is 313. The predicted molar refractivity (Wildman–Crippen MR) is 54.3 cm³/mol. The van der Waals surface area contributed by atoms with Gasteiger partial charge in [-0.25, -0.2) is 4.39 Å². The number of carboxylic acid groups (broad SMARTS) is 1. The molecule has 0 saturated heterocycles. The maximum absolute atomic E-state index is 12.6. The first kappa shape index (κ1) is 11.5. The molecular formula is C11H13FO3. The molecule has 0 fully saturated rings. The molecule has 1 rings (SSSR count). The molecule has 1 aliphatic carbocycles. The number of carboxylic acids is 1. The minimum Gasteiger partial charge on any atom is -0.512 e. The molecule has 0 aromatic heterocycles. The first-order valence-corrected chi connectivity index (χ1v) is 4.74. The molecule has 0 heterocycles. The van der Waals surface area contributed by atoms with Gasteiger partial charge in [-0.1, -0.05) is 12.2 Å². The summed E-state index contributed by atoms with van der Waals surface area (Å²) in [6.45, 7) is 0. The lowest BCUT2D eigenvalue weighted by molar-refractivity contribution is -0.137. The van der Waals surface area contributed by atoms with Crippen LogP contribution >= 0.6 is 0 Å². The molecule has 0 aromatic rings. The van der Waals surface area contributed by atoms with E-state index in [1.807, 2.05) is 0 Å². The van der Waals surface area contributed by atoms with E-state index in [0.717, 1.165) is 0 Å². The molecule has 0 bridgehead atoms. The van der Waals surface area contributed by atoms with Crippen LogP contribution in [0.25, 0.3) is 0 Å². The van der Waals surface area contributed by atoms with Crippen LogP contribution in [0.15, 0.2) is 35.6 Å². The fraction of sp³-hybridized carbons (Fsp3) is 0.364. The zero-order valence-corrected chi connectivity index (χ0v) is 8.19. The molecule has 0 radical (unpaired) electrons. The van der Waals surface area contributed by atoms with Gasteiger partial charge in [0.15, 0.2) is 0 Å². The first-order chi connectivity index (χ1) is 7.09. The second kappa shape index (κ2) is 5.34. The SMILES string of the molecule is O=C(O)CCCC(O)=C1C=CC(F)C=C1. The van der Waals surface area contributed by atoms with Crippen molar-refractivity contribution in [1.82, 2.24) is 0 Å². The van der Waals surface area contributed by atoms with Crippen molar-refractivity contribution >= 4 is 5.97 Å². The number of halogens is 1. The van der Waals surface area contributed by atoms with Crippen LogP contribution in [0, 0.1) is 0 Å². The van der Waals surface area contributed by atoms with Gasteiger partial charge in [-0.15, -0.1) is 0 Å². The quantitative estimate of drug-likeness (QED) is 0.704. The van der Waals surface area contributed by atoms with E-state index in [9.17, 15) is 14.3 Å². The van der Waals surface area contributed by atoms with Crippen LogP contribution in [-0.2, 0) is 4.79 Å². The zero-order chi connectivity index (χ0) is 11.3. The maximum atomic E-state index is 12.6. The summed E-state index contributed by atoms with van der Waals surface area (Å²) in [4.78, 5) is 10.2. The number of carbonyl (C=O) groups is 1. The lowest BCUT2D eigenvalue weighted by Gasteiger charge is -2.07. The second-order valence-electron chi connectivity index (χ2n) is 3.31. The second-order valence-corrected chi connectivity index (χ2v) is 3.31. The highest BCUT2D eigenvalue weighted by molar-refractivity contribution is 5.66. The number of aliphatic hydroxyl groups is 1. The van der Waals surface area contributed by atoms with Crippen molar-refractivity contribution in [2.75, 3.05) is 0 Å². The number of rotatable bonds is 4. The Labute approximate surface area is 87.2 Å². The van der Waals surface area contributed by atoms with Crippen molar-refractivity contribution in [2.24, 2.45) is 0 Å². The van der Waals surface area contributed by atoms with Gasteiger partial charge >= 0.3 is 5.97 Å². The van der Waals surface area contributed by atoms with Gasteiger partial charge in [-0.2, -0.15) is 0 Å². The first-order valence-electron chi connectivity index (χ1n) is 4.74. The number of hydrogen-bond acceptors (Lipinski definition) is 2. The van der Waals surface area contributed by atoms with Gasteiger partial charge in [0.2, 0.25) is 0 Å². The molecular weight excluding hydrogens is 199 g/mol. The summed E-state index contributed by atoms with van der Waals surface area (Å²) in [5.41, 5.74) is 0.550. The van der Waals surface area contributed by atoms with Crippen LogP contribution in [-0.4, -0.2) is 22.4 Å².